The van der Waals surface area contributed by atoms with Crippen LogP contribution in [-0.2, 0) is 20.2 Å². The summed E-state index contributed by atoms with van der Waals surface area (Å²) >= 11 is 0. The number of hydrogen-bond donors (Lipinski definition) is 3. The maximum Gasteiger partial charge on any atom is 0.251 e. The number of rotatable bonds is 4. The minimum absolute atomic E-state index is 0.131. The standard InChI is InChI=1S/C15H16N2O4/c1-17-8-14(20)13(19)6-12(17)7-16-15(21)11-4-2-3-10(5-11)9-18/h2-6,8,18,20H,7,9H2,1H3,(H,16,21). The molecule has 2 aromatic rings. The number of aliphatic hydroxyl groups is 1. The predicted molar refractivity (Wildman–Crippen MR) is 76.9 cm³/mol. The summed E-state index contributed by atoms with van der Waals surface area (Å²) in [6, 6.07) is 7.94. The number of carbonyl (C=O) groups excluding carboxylic acids is 1. The van der Waals surface area contributed by atoms with E-state index in [1.165, 1.54) is 12.3 Å². The predicted octanol–water partition coefficient (Wildman–Crippen LogP) is 0.513. The van der Waals surface area contributed by atoms with Crippen LogP contribution in [0.2, 0.25) is 0 Å². The van der Waals surface area contributed by atoms with E-state index in [4.69, 9.17) is 5.11 Å². The van der Waals surface area contributed by atoms with E-state index >= 15 is 0 Å². The highest BCUT2D eigenvalue weighted by Crippen LogP contribution is 2.06. The Labute approximate surface area is 121 Å². The molecule has 1 aromatic carbocycles. The number of pyridine rings is 1. The highest BCUT2D eigenvalue weighted by Gasteiger charge is 2.08. The summed E-state index contributed by atoms with van der Waals surface area (Å²) in [4.78, 5) is 23.4. The second-order valence-electron chi connectivity index (χ2n) is 4.67. The Hall–Kier alpha value is -2.60. The average molecular weight is 288 g/mol. The molecule has 0 unspecified atom stereocenters. The normalized spacial score (nSPS) is 10.4. The third-order valence-corrected chi connectivity index (χ3v) is 3.12. The first kappa shape index (κ1) is 14.8. The van der Waals surface area contributed by atoms with E-state index in [1.54, 1.807) is 35.9 Å². The molecular formula is C15H16N2O4. The molecule has 0 saturated carbocycles. The number of benzene rings is 1. The van der Waals surface area contributed by atoms with Crippen molar-refractivity contribution in [3.63, 3.8) is 0 Å². The first-order valence-corrected chi connectivity index (χ1v) is 6.38. The molecule has 6 heteroatoms. The smallest absolute Gasteiger partial charge is 0.251 e. The number of aromatic hydroxyl groups is 1. The zero-order valence-corrected chi connectivity index (χ0v) is 11.5. The van der Waals surface area contributed by atoms with Gasteiger partial charge in [-0.3, -0.25) is 9.59 Å². The van der Waals surface area contributed by atoms with Crippen LogP contribution >= 0.6 is 0 Å². The quantitative estimate of drug-likeness (QED) is 0.764. The molecule has 0 bridgehead atoms. The van der Waals surface area contributed by atoms with E-state index in [0.29, 0.717) is 16.8 Å². The molecule has 1 aromatic heterocycles. The summed E-state index contributed by atoms with van der Waals surface area (Å²) < 4.78 is 1.57. The van der Waals surface area contributed by atoms with Crippen LogP contribution in [0, 0.1) is 0 Å². The van der Waals surface area contributed by atoms with E-state index in [0.717, 1.165) is 0 Å². The summed E-state index contributed by atoms with van der Waals surface area (Å²) in [5.74, 6) is -0.631. The van der Waals surface area contributed by atoms with Crippen molar-refractivity contribution in [1.29, 1.82) is 0 Å². The number of aliphatic hydroxyl groups excluding tert-OH is 1. The number of hydrogen-bond acceptors (Lipinski definition) is 4. The Balaban J connectivity index is 2.10. The lowest BCUT2D eigenvalue weighted by atomic mass is 10.1. The molecule has 0 saturated heterocycles. The van der Waals surface area contributed by atoms with Gasteiger partial charge in [-0.1, -0.05) is 12.1 Å². The van der Waals surface area contributed by atoms with Crippen molar-refractivity contribution in [3.8, 4) is 5.75 Å². The van der Waals surface area contributed by atoms with Gasteiger partial charge in [-0.25, -0.2) is 0 Å². The van der Waals surface area contributed by atoms with Crippen LogP contribution in [-0.4, -0.2) is 20.7 Å². The molecule has 110 valence electrons. The number of amides is 1. The Morgan fingerprint density at radius 3 is 2.81 bits per heavy atom. The molecule has 0 radical (unpaired) electrons. The van der Waals surface area contributed by atoms with Crippen molar-refractivity contribution in [3.05, 3.63) is 63.6 Å². The van der Waals surface area contributed by atoms with Crippen molar-refractivity contribution >= 4 is 5.91 Å². The van der Waals surface area contributed by atoms with Gasteiger partial charge in [0, 0.05) is 30.6 Å². The first-order chi connectivity index (χ1) is 10.0. The second-order valence-corrected chi connectivity index (χ2v) is 4.67. The van der Waals surface area contributed by atoms with Crippen LogP contribution < -0.4 is 10.7 Å². The lowest BCUT2D eigenvalue weighted by Crippen LogP contribution is -2.25. The Morgan fingerprint density at radius 2 is 2.10 bits per heavy atom. The highest BCUT2D eigenvalue weighted by atomic mass is 16.3. The molecule has 6 nitrogen and oxygen atoms in total. The minimum Gasteiger partial charge on any atom is -0.503 e. The Kier molecular flexibility index (Phi) is 4.39. The number of nitrogens with one attached hydrogen (secondary N) is 1. The number of nitrogens with zero attached hydrogens (tertiary/aromatic N) is 1. The zero-order valence-electron chi connectivity index (χ0n) is 11.5. The van der Waals surface area contributed by atoms with Gasteiger partial charge in [0.2, 0.25) is 5.43 Å². The van der Waals surface area contributed by atoms with Gasteiger partial charge in [-0.15, -0.1) is 0 Å². The third kappa shape index (κ3) is 3.49. The van der Waals surface area contributed by atoms with E-state index in [-0.39, 0.29) is 24.8 Å². The summed E-state index contributed by atoms with van der Waals surface area (Å²) in [6.45, 7) is 0.0296. The molecule has 0 aliphatic heterocycles. The van der Waals surface area contributed by atoms with E-state index < -0.39 is 5.43 Å². The third-order valence-electron chi connectivity index (χ3n) is 3.12. The number of aryl methyl sites for hydroxylation is 1. The molecule has 3 N–H and O–H groups in total. The van der Waals surface area contributed by atoms with Gasteiger partial charge in [0.15, 0.2) is 5.75 Å². The van der Waals surface area contributed by atoms with Crippen LogP contribution in [0.3, 0.4) is 0 Å². The van der Waals surface area contributed by atoms with Crippen LogP contribution in [0.4, 0.5) is 0 Å². The molecule has 0 fully saturated rings. The van der Waals surface area contributed by atoms with Crippen LogP contribution in [0.5, 0.6) is 5.75 Å². The van der Waals surface area contributed by atoms with Crippen LogP contribution in [0.25, 0.3) is 0 Å². The molecular weight excluding hydrogens is 272 g/mol. The summed E-state index contributed by atoms with van der Waals surface area (Å²) in [7, 11) is 1.67. The van der Waals surface area contributed by atoms with Crippen LogP contribution in [0.15, 0.2) is 41.3 Å². The number of aromatic nitrogens is 1. The summed E-state index contributed by atoms with van der Waals surface area (Å²) in [5, 5.41) is 21.0. The van der Waals surface area contributed by atoms with Crippen molar-refractivity contribution in [2.45, 2.75) is 13.2 Å². The van der Waals surface area contributed by atoms with Crippen molar-refractivity contribution < 1.29 is 15.0 Å². The zero-order chi connectivity index (χ0) is 15.4. The van der Waals surface area contributed by atoms with Crippen molar-refractivity contribution in [2.75, 3.05) is 0 Å². The number of carbonyl (C=O) groups is 1. The van der Waals surface area contributed by atoms with Crippen molar-refractivity contribution in [1.82, 2.24) is 9.88 Å². The van der Waals surface area contributed by atoms with Gasteiger partial charge < -0.3 is 20.1 Å². The van der Waals surface area contributed by atoms with Gasteiger partial charge in [0.05, 0.1) is 13.2 Å². The second kappa shape index (κ2) is 6.23. The average Bonchev–Trinajstić information content (AvgIpc) is 2.49. The maximum atomic E-state index is 12.0. The fraction of sp³-hybridized carbons (Fsp3) is 0.200. The van der Waals surface area contributed by atoms with Gasteiger partial charge in [-0.2, -0.15) is 0 Å². The fourth-order valence-corrected chi connectivity index (χ4v) is 1.92. The lowest BCUT2D eigenvalue weighted by Gasteiger charge is -2.10. The van der Waals surface area contributed by atoms with Crippen molar-refractivity contribution in [2.24, 2.45) is 7.05 Å². The maximum absolute atomic E-state index is 12.0. The molecule has 21 heavy (non-hydrogen) atoms. The van der Waals surface area contributed by atoms with Gasteiger partial charge in [0.25, 0.3) is 5.91 Å². The highest BCUT2D eigenvalue weighted by molar-refractivity contribution is 5.94. The topological polar surface area (TPSA) is 91.6 Å². The van der Waals surface area contributed by atoms with Crippen LogP contribution in [0.1, 0.15) is 21.6 Å². The van der Waals surface area contributed by atoms with Gasteiger partial charge >= 0.3 is 0 Å². The monoisotopic (exact) mass is 288 g/mol. The molecule has 1 heterocycles. The summed E-state index contributed by atoms with van der Waals surface area (Å²) in [6.07, 6.45) is 1.30. The van der Waals surface area contributed by atoms with Gasteiger partial charge in [-0.05, 0) is 17.7 Å². The lowest BCUT2D eigenvalue weighted by molar-refractivity contribution is 0.0950. The molecule has 1 amide bonds. The molecule has 0 aliphatic rings. The Bertz CT molecular complexity index is 722. The SMILES string of the molecule is Cn1cc(O)c(=O)cc1CNC(=O)c1cccc(CO)c1. The van der Waals surface area contributed by atoms with Gasteiger partial charge in [0.1, 0.15) is 0 Å². The molecule has 0 atom stereocenters. The van der Waals surface area contributed by atoms with E-state index in [1.807, 2.05) is 0 Å². The summed E-state index contributed by atoms with van der Waals surface area (Å²) in [5.41, 5.74) is 1.18. The molecule has 2 rings (SSSR count). The van der Waals surface area contributed by atoms with E-state index in [9.17, 15) is 14.7 Å². The molecule has 0 spiro atoms. The minimum atomic E-state index is -0.486. The largest absolute Gasteiger partial charge is 0.503 e. The fourth-order valence-electron chi connectivity index (χ4n) is 1.92. The first-order valence-electron chi connectivity index (χ1n) is 6.38. The van der Waals surface area contributed by atoms with E-state index in [2.05, 4.69) is 5.32 Å². The molecule has 0 aliphatic carbocycles. The Morgan fingerprint density at radius 1 is 1.33 bits per heavy atom.